The average Bonchev–Trinajstić information content (AvgIpc) is 3.21. The second-order valence-corrected chi connectivity index (χ2v) is 6.74. The van der Waals surface area contributed by atoms with Crippen LogP contribution in [0.3, 0.4) is 0 Å². The topological polar surface area (TPSA) is 68.0 Å². The van der Waals surface area contributed by atoms with Gasteiger partial charge in [0.15, 0.2) is 0 Å². The third-order valence-electron chi connectivity index (χ3n) is 4.73. The molecule has 0 saturated carbocycles. The van der Waals surface area contributed by atoms with E-state index in [4.69, 9.17) is 4.52 Å². The van der Waals surface area contributed by atoms with Crippen LogP contribution in [0.4, 0.5) is 0 Å². The third kappa shape index (κ3) is 3.93. The highest BCUT2D eigenvalue weighted by Crippen LogP contribution is 2.24. The summed E-state index contributed by atoms with van der Waals surface area (Å²) in [4.78, 5) is 16.8. The number of rotatable bonds is 6. The molecule has 1 atom stereocenters. The van der Waals surface area contributed by atoms with Gasteiger partial charge in [-0.3, -0.25) is 4.79 Å². The summed E-state index contributed by atoms with van der Waals surface area (Å²) in [5.41, 5.74) is 2.00. The molecule has 1 N–H and O–H groups in total. The number of aryl methyl sites for hydroxylation is 1. The largest absolute Gasteiger partial charge is 0.350 e. The van der Waals surface area contributed by atoms with Crippen LogP contribution < -0.4 is 5.32 Å². The fourth-order valence-corrected chi connectivity index (χ4v) is 3.30. The number of fused-ring (bicyclic) bond motifs is 1. The van der Waals surface area contributed by atoms with E-state index in [1.165, 1.54) is 5.39 Å². The number of hydrogen-bond acceptors (Lipinski definition) is 4. The zero-order valence-electron chi connectivity index (χ0n) is 15.6. The number of carbonyl (C=O) groups is 1. The second-order valence-electron chi connectivity index (χ2n) is 6.74. The van der Waals surface area contributed by atoms with Crippen molar-refractivity contribution in [2.24, 2.45) is 0 Å². The van der Waals surface area contributed by atoms with Crippen molar-refractivity contribution in [1.82, 2.24) is 15.5 Å². The highest BCUT2D eigenvalue weighted by Gasteiger charge is 2.14. The molecule has 4 aromatic rings. The number of benzene rings is 3. The molecule has 3 aromatic carbocycles. The van der Waals surface area contributed by atoms with Gasteiger partial charge in [0.2, 0.25) is 17.6 Å². The van der Waals surface area contributed by atoms with Gasteiger partial charge in [-0.1, -0.05) is 78.0 Å². The smallest absolute Gasteiger partial charge is 0.227 e. The van der Waals surface area contributed by atoms with E-state index in [2.05, 4.69) is 39.7 Å². The fourth-order valence-electron chi connectivity index (χ4n) is 3.30. The van der Waals surface area contributed by atoms with Crippen molar-refractivity contribution in [2.75, 3.05) is 0 Å². The van der Waals surface area contributed by atoms with Gasteiger partial charge >= 0.3 is 0 Å². The van der Waals surface area contributed by atoms with E-state index in [0.29, 0.717) is 24.6 Å². The van der Waals surface area contributed by atoms with Crippen LogP contribution in [0.15, 0.2) is 77.3 Å². The van der Waals surface area contributed by atoms with Crippen molar-refractivity contribution in [3.05, 3.63) is 84.3 Å². The van der Waals surface area contributed by atoms with Gasteiger partial charge in [0.25, 0.3) is 0 Å². The molecule has 1 amide bonds. The van der Waals surface area contributed by atoms with Gasteiger partial charge in [-0.25, -0.2) is 0 Å². The van der Waals surface area contributed by atoms with E-state index in [1.54, 1.807) is 0 Å². The molecule has 140 valence electrons. The number of nitrogens with zero attached hydrogens (tertiary/aromatic N) is 2. The number of carbonyl (C=O) groups excluding carboxylic acids is 1. The van der Waals surface area contributed by atoms with E-state index in [1.807, 2.05) is 55.5 Å². The highest BCUT2D eigenvalue weighted by atomic mass is 16.5. The van der Waals surface area contributed by atoms with Crippen LogP contribution in [0.25, 0.3) is 22.2 Å². The molecule has 5 heteroatoms. The zero-order chi connectivity index (χ0) is 19.3. The van der Waals surface area contributed by atoms with Gasteiger partial charge in [-0.05, 0) is 23.3 Å². The lowest BCUT2D eigenvalue weighted by Gasteiger charge is -2.16. The number of nitrogens with one attached hydrogen (secondary N) is 1. The predicted octanol–water partition coefficient (Wildman–Crippen LogP) is 4.70. The Hall–Kier alpha value is -3.47. The molecule has 1 aromatic heterocycles. The summed E-state index contributed by atoms with van der Waals surface area (Å²) in [7, 11) is 0. The van der Waals surface area contributed by atoms with Gasteiger partial charge in [0.1, 0.15) is 0 Å². The maximum absolute atomic E-state index is 12.4. The molecule has 0 aliphatic rings. The molecule has 0 radical (unpaired) electrons. The van der Waals surface area contributed by atoms with E-state index in [9.17, 15) is 4.79 Å². The van der Waals surface area contributed by atoms with Crippen LogP contribution >= 0.6 is 0 Å². The molecule has 0 fully saturated rings. The summed E-state index contributed by atoms with van der Waals surface area (Å²) >= 11 is 0. The third-order valence-corrected chi connectivity index (χ3v) is 4.73. The van der Waals surface area contributed by atoms with Gasteiger partial charge in [-0.15, -0.1) is 0 Å². The Labute approximate surface area is 163 Å². The molecule has 0 saturated heterocycles. The van der Waals surface area contributed by atoms with Crippen molar-refractivity contribution in [1.29, 1.82) is 0 Å². The lowest BCUT2D eigenvalue weighted by Crippen LogP contribution is -2.27. The maximum atomic E-state index is 12.4. The predicted molar refractivity (Wildman–Crippen MR) is 109 cm³/mol. The summed E-state index contributed by atoms with van der Waals surface area (Å²) in [5.74, 6) is 0.965. The Kier molecular flexibility index (Phi) is 5.15. The summed E-state index contributed by atoms with van der Waals surface area (Å²) in [6.07, 6.45) is 0.708. The molecular formula is C23H21N3O2. The first-order chi connectivity index (χ1) is 13.7. The Balaban J connectivity index is 1.37. The van der Waals surface area contributed by atoms with E-state index in [-0.39, 0.29) is 11.9 Å². The average molecular weight is 371 g/mol. The van der Waals surface area contributed by atoms with Gasteiger partial charge in [0, 0.05) is 18.4 Å². The van der Waals surface area contributed by atoms with E-state index < -0.39 is 0 Å². The van der Waals surface area contributed by atoms with E-state index in [0.717, 1.165) is 16.5 Å². The van der Waals surface area contributed by atoms with Crippen molar-refractivity contribution >= 4 is 16.7 Å². The summed E-state index contributed by atoms with van der Waals surface area (Å²) in [6, 6.07) is 23.9. The van der Waals surface area contributed by atoms with Crippen molar-refractivity contribution < 1.29 is 9.32 Å². The second kappa shape index (κ2) is 8.05. The van der Waals surface area contributed by atoms with Crippen molar-refractivity contribution in [3.8, 4) is 11.4 Å². The van der Waals surface area contributed by atoms with Crippen LogP contribution in [-0.4, -0.2) is 16.0 Å². The molecule has 0 aliphatic carbocycles. The van der Waals surface area contributed by atoms with Crippen LogP contribution in [0.2, 0.25) is 0 Å². The number of aromatic nitrogens is 2. The molecule has 5 nitrogen and oxygen atoms in total. The summed E-state index contributed by atoms with van der Waals surface area (Å²) in [6.45, 7) is 2.00. The lowest BCUT2D eigenvalue weighted by atomic mass is 9.99. The molecule has 0 bridgehead atoms. The molecular weight excluding hydrogens is 350 g/mol. The number of amides is 1. The standard InChI is InChI=1S/C23H21N3O2/c1-16(19-13-7-11-17-8-5-6-12-20(17)19)24-21(27)14-15-22-25-23(26-28-22)18-9-3-2-4-10-18/h2-13,16H,14-15H2,1H3,(H,24,27). The van der Waals surface area contributed by atoms with Crippen LogP contribution in [-0.2, 0) is 11.2 Å². The Morgan fingerprint density at radius 3 is 2.61 bits per heavy atom. The highest BCUT2D eigenvalue weighted by molar-refractivity contribution is 5.86. The SMILES string of the molecule is CC(NC(=O)CCc1nc(-c2ccccc2)no1)c1cccc2ccccc12. The normalized spacial score (nSPS) is 12.0. The molecule has 1 heterocycles. The van der Waals surface area contributed by atoms with Crippen molar-refractivity contribution in [3.63, 3.8) is 0 Å². The minimum atomic E-state index is -0.0823. The fraction of sp³-hybridized carbons (Fsp3) is 0.174. The molecule has 28 heavy (non-hydrogen) atoms. The van der Waals surface area contributed by atoms with E-state index >= 15 is 0 Å². The first kappa shape index (κ1) is 17.9. The summed E-state index contributed by atoms with van der Waals surface area (Å²) < 4.78 is 5.28. The number of hydrogen-bond donors (Lipinski definition) is 1. The minimum absolute atomic E-state index is 0.0418. The van der Waals surface area contributed by atoms with Gasteiger partial charge < -0.3 is 9.84 Å². The molecule has 0 spiro atoms. The van der Waals surface area contributed by atoms with Crippen LogP contribution in [0, 0.1) is 0 Å². The van der Waals surface area contributed by atoms with Crippen LogP contribution in [0.1, 0.15) is 30.8 Å². The Morgan fingerprint density at radius 1 is 1.00 bits per heavy atom. The summed E-state index contributed by atoms with van der Waals surface area (Å²) in [5, 5.41) is 9.38. The molecule has 0 aliphatic heterocycles. The Morgan fingerprint density at radius 2 is 1.75 bits per heavy atom. The Bertz CT molecular complexity index is 1080. The lowest BCUT2D eigenvalue weighted by molar-refractivity contribution is -0.121. The van der Waals surface area contributed by atoms with Gasteiger partial charge in [0.05, 0.1) is 6.04 Å². The monoisotopic (exact) mass is 371 g/mol. The first-order valence-electron chi connectivity index (χ1n) is 9.36. The maximum Gasteiger partial charge on any atom is 0.227 e. The van der Waals surface area contributed by atoms with Gasteiger partial charge in [-0.2, -0.15) is 4.98 Å². The quantitative estimate of drug-likeness (QED) is 0.533. The zero-order valence-corrected chi connectivity index (χ0v) is 15.6. The first-order valence-corrected chi connectivity index (χ1v) is 9.36. The van der Waals surface area contributed by atoms with Crippen molar-refractivity contribution in [2.45, 2.75) is 25.8 Å². The molecule has 1 unspecified atom stereocenters. The molecule has 4 rings (SSSR count). The minimum Gasteiger partial charge on any atom is -0.350 e. The van der Waals surface area contributed by atoms with Crippen LogP contribution in [0.5, 0.6) is 0 Å².